The van der Waals surface area contributed by atoms with Gasteiger partial charge in [-0.1, -0.05) is 54.9 Å². The molecule has 0 atom stereocenters. The van der Waals surface area contributed by atoms with Gasteiger partial charge in [0.1, 0.15) is 0 Å². The molecule has 0 aromatic heterocycles. The lowest BCUT2D eigenvalue weighted by atomic mass is 9.94. The largest absolute Gasteiger partial charge is 0.0916 e. The SMILES string of the molecule is C=C(C1=CCCCC1)/C(=C/I)[Si](C)(C)C. The van der Waals surface area contributed by atoms with Crippen LogP contribution >= 0.6 is 22.6 Å². The lowest BCUT2D eigenvalue weighted by molar-refractivity contribution is 0.708. The number of hydrogen-bond donors (Lipinski definition) is 0. The summed E-state index contributed by atoms with van der Waals surface area (Å²) in [6.45, 7) is 11.5. The molecule has 0 heterocycles. The highest BCUT2D eigenvalue weighted by molar-refractivity contribution is 14.1. The first kappa shape index (κ1) is 13.2. The highest BCUT2D eigenvalue weighted by Crippen LogP contribution is 2.32. The Kier molecular flexibility index (Phi) is 4.84. The van der Waals surface area contributed by atoms with Crippen LogP contribution < -0.4 is 0 Å². The molecule has 2 heteroatoms. The molecule has 84 valence electrons. The van der Waals surface area contributed by atoms with Crippen molar-refractivity contribution in [3.8, 4) is 0 Å². The molecule has 1 aliphatic carbocycles. The van der Waals surface area contributed by atoms with Gasteiger partial charge in [-0.25, -0.2) is 0 Å². The average Bonchev–Trinajstić information content (AvgIpc) is 2.18. The third kappa shape index (κ3) is 3.59. The first-order chi connectivity index (χ1) is 6.96. The second-order valence-corrected chi connectivity index (χ2v) is 10.9. The van der Waals surface area contributed by atoms with Crippen molar-refractivity contribution in [3.63, 3.8) is 0 Å². The maximum atomic E-state index is 4.31. The number of halogens is 1. The van der Waals surface area contributed by atoms with Crippen molar-refractivity contribution in [2.75, 3.05) is 0 Å². The maximum Gasteiger partial charge on any atom is 0.0789 e. The van der Waals surface area contributed by atoms with Gasteiger partial charge in [-0.3, -0.25) is 0 Å². The van der Waals surface area contributed by atoms with E-state index >= 15 is 0 Å². The fourth-order valence-corrected chi connectivity index (χ4v) is 6.54. The van der Waals surface area contributed by atoms with Crippen LogP contribution in [0.25, 0.3) is 0 Å². The third-order valence-electron chi connectivity index (χ3n) is 2.92. The van der Waals surface area contributed by atoms with E-state index in [1.54, 1.807) is 0 Å². The summed E-state index contributed by atoms with van der Waals surface area (Å²) in [5.41, 5.74) is 2.83. The summed E-state index contributed by atoms with van der Waals surface area (Å²) in [7, 11) is -1.22. The highest BCUT2D eigenvalue weighted by atomic mass is 127. The van der Waals surface area contributed by atoms with Crippen molar-refractivity contribution < 1.29 is 0 Å². The zero-order valence-electron chi connectivity index (χ0n) is 10.1. The van der Waals surface area contributed by atoms with E-state index in [1.165, 1.54) is 42.0 Å². The van der Waals surface area contributed by atoms with Gasteiger partial charge < -0.3 is 0 Å². The minimum atomic E-state index is -1.22. The standard InChI is InChI=1S/C13H21ISi/c1-11(12-8-6-5-7-9-12)13(10-14)15(2,3)4/h8,10H,1,5-7,9H2,2-4H3/b13-10-. The molecule has 0 spiro atoms. The Morgan fingerprint density at radius 1 is 1.40 bits per heavy atom. The van der Waals surface area contributed by atoms with Gasteiger partial charge in [0.25, 0.3) is 0 Å². The van der Waals surface area contributed by atoms with Crippen molar-refractivity contribution in [1.82, 2.24) is 0 Å². The second kappa shape index (κ2) is 5.48. The number of allylic oxidation sites excluding steroid dienone is 4. The molecular weight excluding hydrogens is 311 g/mol. The number of hydrogen-bond acceptors (Lipinski definition) is 0. The van der Waals surface area contributed by atoms with Crippen LogP contribution in [0.5, 0.6) is 0 Å². The molecule has 0 nitrogen and oxygen atoms in total. The molecule has 0 saturated heterocycles. The molecule has 0 N–H and O–H groups in total. The van der Waals surface area contributed by atoms with Crippen LogP contribution in [0, 0.1) is 0 Å². The van der Waals surface area contributed by atoms with Gasteiger partial charge in [0.15, 0.2) is 0 Å². The van der Waals surface area contributed by atoms with Crippen LogP contribution in [0.3, 0.4) is 0 Å². The van der Waals surface area contributed by atoms with E-state index in [0.717, 1.165) is 0 Å². The zero-order valence-corrected chi connectivity index (χ0v) is 13.2. The van der Waals surface area contributed by atoms with Crippen LogP contribution in [-0.4, -0.2) is 8.07 Å². The van der Waals surface area contributed by atoms with Crippen molar-refractivity contribution in [1.29, 1.82) is 0 Å². The Labute approximate surface area is 109 Å². The summed E-state index contributed by atoms with van der Waals surface area (Å²) in [6, 6.07) is 0. The van der Waals surface area contributed by atoms with Gasteiger partial charge in [-0.2, -0.15) is 0 Å². The monoisotopic (exact) mass is 332 g/mol. The average molecular weight is 332 g/mol. The van der Waals surface area contributed by atoms with Crippen LogP contribution in [0.1, 0.15) is 25.7 Å². The van der Waals surface area contributed by atoms with Crippen LogP contribution in [0.15, 0.2) is 33.1 Å². The molecule has 0 fully saturated rings. The summed E-state index contributed by atoms with van der Waals surface area (Å²) in [5, 5.41) is 1.52. The van der Waals surface area contributed by atoms with E-state index in [4.69, 9.17) is 0 Å². The predicted octanol–water partition coefficient (Wildman–Crippen LogP) is 5.24. The van der Waals surface area contributed by atoms with E-state index in [-0.39, 0.29) is 0 Å². The second-order valence-electron chi connectivity index (χ2n) is 5.23. The molecule has 0 unspecified atom stereocenters. The molecule has 0 radical (unpaired) electrons. The van der Waals surface area contributed by atoms with Gasteiger partial charge in [0.2, 0.25) is 0 Å². The van der Waals surface area contributed by atoms with E-state index < -0.39 is 8.07 Å². The van der Waals surface area contributed by atoms with Crippen LogP contribution in [-0.2, 0) is 0 Å². The van der Waals surface area contributed by atoms with Crippen LogP contribution in [0.4, 0.5) is 0 Å². The lowest BCUT2D eigenvalue weighted by Crippen LogP contribution is -2.25. The van der Waals surface area contributed by atoms with Crippen molar-refractivity contribution in [3.05, 3.63) is 33.1 Å². The van der Waals surface area contributed by atoms with Gasteiger partial charge in [0, 0.05) is 0 Å². The minimum Gasteiger partial charge on any atom is -0.0916 e. The van der Waals surface area contributed by atoms with E-state index in [1.807, 2.05) is 0 Å². The molecular formula is C13H21ISi. The summed E-state index contributed by atoms with van der Waals surface area (Å²) in [6.07, 6.45) is 7.57. The molecule has 0 bridgehead atoms. The molecule has 1 aliphatic rings. The summed E-state index contributed by atoms with van der Waals surface area (Å²) < 4.78 is 2.25. The van der Waals surface area contributed by atoms with E-state index in [2.05, 4.69) is 59.0 Å². The topological polar surface area (TPSA) is 0 Å². The van der Waals surface area contributed by atoms with E-state index in [0.29, 0.717) is 0 Å². The Bertz CT molecular complexity index is 305. The Morgan fingerprint density at radius 2 is 2.07 bits per heavy atom. The quantitative estimate of drug-likeness (QED) is 0.377. The molecule has 0 aromatic rings. The van der Waals surface area contributed by atoms with Crippen LogP contribution in [0.2, 0.25) is 19.6 Å². The zero-order chi connectivity index (χ0) is 11.5. The Morgan fingerprint density at radius 3 is 2.47 bits per heavy atom. The van der Waals surface area contributed by atoms with Gasteiger partial charge >= 0.3 is 0 Å². The maximum absolute atomic E-state index is 4.31. The van der Waals surface area contributed by atoms with Crippen molar-refractivity contribution >= 4 is 30.7 Å². The molecule has 0 aromatic carbocycles. The van der Waals surface area contributed by atoms with Gasteiger partial charge in [0.05, 0.1) is 8.07 Å². The summed E-state index contributed by atoms with van der Waals surface area (Å²) in [4.78, 5) is 0. The molecule has 0 aliphatic heterocycles. The fraction of sp³-hybridized carbons (Fsp3) is 0.538. The molecule has 15 heavy (non-hydrogen) atoms. The third-order valence-corrected chi connectivity index (χ3v) is 6.19. The molecule has 0 amide bonds. The van der Waals surface area contributed by atoms with Gasteiger partial charge in [-0.05, 0) is 46.1 Å². The smallest absolute Gasteiger partial charge is 0.0789 e. The Balaban J connectivity index is 2.88. The lowest BCUT2D eigenvalue weighted by Gasteiger charge is -2.25. The summed E-state index contributed by atoms with van der Waals surface area (Å²) >= 11 is 2.37. The fourth-order valence-electron chi connectivity index (χ4n) is 1.97. The van der Waals surface area contributed by atoms with Crippen molar-refractivity contribution in [2.45, 2.75) is 45.3 Å². The minimum absolute atomic E-state index is 1.22. The summed E-state index contributed by atoms with van der Waals surface area (Å²) in [5.74, 6) is 0. The van der Waals surface area contributed by atoms with E-state index in [9.17, 15) is 0 Å². The Hall–Kier alpha value is 0.167. The highest BCUT2D eigenvalue weighted by Gasteiger charge is 2.23. The first-order valence-electron chi connectivity index (χ1n) is 5.66. The predicted molar refractivity (Wildman–Crippen MR) is 81.1 cm³/mol. The normalized spacial score (nSPS) is 18.7. The first-order valence-corrected chi connectivity index (χ1v) is 10.4. The van der Waals surface area contributed by atoms with Crippen molar-refractivity contribution in [2.24, 2.45) is 0 Å². The van der Waals surface area contributed by atoms with Gasteiger partial charge in [-0.15, -0.1) is 0 Å². The number of rotatable bonds is 3. The molecule has 1 rings (SSSR count). The molecule has 0 saturated carbocycles.